The molecule has 2 aliphatic heterocycles. The zero-order chi connectivity index (χ0) is 17.3. The molecule has 0 N–H and O–H groups in total. The molecule has 1 amide bonds. The quantitative estimate of drug-likeness (QED) is 0.771. The second kappa shape index (κ2) is 6.54. The van der Waals surface area contributed by atoms with Gasteiger partial charge < -0.3 is 14.6 Å². The first kappa shape index (κ1) is 16.2. The van der Waals surface area contributed by atoms with Crippen LogP contribution in [-0.4, -0.2) is 61.3 Å². The predicted octanol–water partition coefficient (Wildman–Crippen LogP) is 2.10. The number of likely N-dealkylation sites (tertiary alicyclic amines) is 1. The molecule has 0 aromatic heterocycles. The van der Waals surface area contributed by atoms with Crippen molar-refractivity contribution in [3.8, 4) is 0 Å². The van der Waals surface area contributed by atoms with Gasteiger partial charge in [-0.15, -0.1) is 5.06 Å². The van der Waals surface area contributed by atoms with Crippen LogP contribution in [0.5, 0.6) is 0 Å². The van der Waals surface area contributed by atoms with Gasteiger partial charge in [0.25, 0.3) is 0 Å². The average Bonchev–Trinajstić information content (AvgIpc) is 3.34. The summed E-state index contributed by atoms with van der Waals surface area (Å²) in [5.41, 5.74) is 1.94. The highest BCUT2D eigenvalue weighted by molar-refractivity contribution is 5.69. The summed E-state index contributed by atoms with van der Waals surface area (Å²) in [6.45, 7) is 4.35. The van der Waals surface area contributed by atoms with Crippen molar-refractivity contribution in [3.05, 3.63) is 35.9 Å². The zero-order valence-corrected chi connectivity index (χ0v) is 14.3. The number of rotatable bonds is 2. The average molecular weight is 341 g/mol. The summed E-state index contributed by atoms with van der Waals surface area (Å²) >= 11 is 0. The number of piperazine rings is 1. The highest BCUT2D eigenvalue weighted by Crippen LogP contribution is 2.56. The summed E-state index contributed by atoms with van der Waals surface area (Å²) in [5, 5.41) is 1.76. The smallest absolute Gasteiger partial charge is 0.369 e. The van der Waals surface area contributed by atoms with Gasteiger partial charge in [0.1, 0.15) is 5.94 Å². The van der Waals surface area contributed by atoms with Crippen LogP contribution >= 0.6 is 0 Å². The van der Waals surface area contributed by atoms with Gasteiger partial charge in [-0.1, -0.05) is 18.2 Å². The molecule has 6 heteroatoms. The van der Waals surface area contributed by atoms with E-state index in [2.05, 4.69) is 17.0 Å². The van der Waals surface area contributed by atoms with Crippen molar-refractivity contribution >= 4 is 17.7 Å². The van der Waals surface area contributed by atoms with E-state index in [1.807, 2.05) is 24.1 Å². The maximum absolute atomic E-state index is 12.5. The van der Waals surface area contributed by atoms with Crippen molar-refractivity contribution in [1.29, 1.82) is 0 Å². The van der Waals surface area contributed by atoms with Crippen LogP contribution in [0.1, 0.15) is 19.3 Å². The molecule has 1 unspecified atom stereocenters. The van der Waals surface area contributed by atoms with Gasteiger partial charge in [0.05, 0.1) is 13.1 Å². The largest absolute Gasteiger partial charge is 0.428 e. The van der Waals surface area contributed by atoms with Gasteiger partial charge in [-0.25, -0.2) is 9.59 Å². The number of anilines is 1. The minimum Gasteiger partial charge on any atom is -0.369 e. The van der Waals surface area contributed by atoms with E-state index in [1.54, 1.807) is 9.96 Å². The summed E-state index contributed by atoms with van der Waals surface area (Å²) in [5.74, 6) is 2.03. The maximum Gasteiger partial charge on any atom is 0.428 e. The molecule has 3 fully saturated rings. The molecule has 2 saturated heterocycles. The zero-order valence-electron chi connectivity index (χ0n) is 14.3. The third-order valence-electron chi connectivity index (χ3n) is 5.56. The van der Waals surface area contributed by atoms with Crippen molar-refractivity contribution in [1.82, 2.24) is 9.96 Å². The number of carbonyl (C=O) groups is 1. The number of piperidine rings is 1. The molecule has 2 heterocycles. The van der Waals surface area contributed by atoms with Crippen LogP contribution in [0.25, 0.3) is 0 Å². The van der Waals surface area contributed by atoms with E-state index in [0.717, 1.165) is 37.9 Å². The summed E-state index contributed by atoms with van der Waals surface area (Å²) in [6, 6.07) is 10.3. The number of carbonyl (C=O) groups excluding carboxylic acids is 2. The molecule has 6 nitrogen and oxygen atoms in total. The van der Waals surface area contributed by atoms with Gasteiger partial charge >= 0.3 is 6.09 Å². The van der Waals surface area contributed by atoms with E-state index >= 15 is 0 Å². The third kappa shape index (κ3) is 3.28. The summed E-state index contributed by atoms with van der Waals surface area (Å²) in [4.78, 5) is 33.0. The maximum atomic E-state index is 12.5. The molecule has 1 aromatic carbocycles. The van der Waals surface area contributed by atoms with E-state index in [9.17, 15) is 9.59 Å². The van der Waals surface area contributed by atoms with Crippen LogP contribution in [-0.2, 0) is 9.63 Å². The van der Waals surface area contributed by atoms with Crippen molar-refractivity contribution in [2.75, 3.05) is 44.2 Å². The monoisotopic (exact) mass is 341 g/mol. The number of amides is 1. The number of para-hydroxylation sites is 1. The van der Waals surface area contributed by atoms with Gasteiger partial charge in [-0.3, -0.25) is 0 Å². The lowest BCUT2D eigenvalue weighted by Gasteiger charge is -2.37. The molecular weight excluding hydrogens is 318 g/mol. The van der Waals surface area contributed by atoms with Crippen LogP contribution in [0.3, 0.4) is 0 Å². The normalized spacial score (nSPS) is 26.5. The van der Waals surface area contributed by atoms with E-state index in [4.69, 9.17) is 4.84 Å². The van der Waals surface area contributed by atoms with Crippen molar-refractivity contribution < 1.29 is 14.4 Å². The molecule has 132 valence electrons. The molecule has 1 aliphatic carbocycles. The second-order valence-corrected chi connectivity index (χ2v) is 7.17. The predicted molar refractivity (Wildman–Crippen MR) is 93.8 cm³/mol. The van der Waals surface area contributed by atoms with Crippen LogP contribution in [0, 0.1) is 5.41 Å². The first-order valence-electron chi connectivity index (χ1n) is 8.96. The minimum atomic E-state index is -0.288. The van der Waals surface area contributed by atoms with E-state index in [-0.39, 0.29) is 11.5 Å². The lowest BCUT2D eigenvalue weighted by atomic mass is 9.94. The summed E-state index contributed by atoms with van der Waals surface area (Å²) in [6.07, 6.45) is 2.40. The Balaban J connectivity index is 1.28. The molecule has 25 heavy (non-hydrogen) atoms. The fourth-order valence-corrected chi connectivity index (χ4v) is 3.96. The van der Waals surface area contributed by atoms with Gasteiger partial charge in [-0.2, -0.15) is 0 Å². The van der Waals surface area contributed by atoms with Gasteiger partial charge in [0, 0.05) is 42.9 Å². The Morgan fingerprint density at radius 1 is 1.08 bits per heavy atom. The standard InChI is InChI=1S/C19H23N3O3/c23-14-16-13-19(16)7-4-8-21(15-19)18(24)25-22-11-9-20(10-12-22)17-5-2-1-3-6-17/h1-3,5-6H,4,7-13,15H2. The fourth-order valence-electron chi connectivity index (χ4n) is 3.96. The summed E-state index contributed by atoms with van der Waals surface area (Å²) in [7, 11) is 0. The fraction of sp³-hybridized carbons (Fsp3) is 0.526. The van der Waals surface area contributed by atoms with Crippen LogP contribution in [0.2, 0.25) is 0 Å². The molecular formula is C19H23N3O3. The van der Waals surface area contributed by atoms with Crippen LogP contribution < -0.4 is 4.90 Å². The lowest BCUT2D eigenvalue weighted by Crippen LogP contribution is -2.50. The molecule has 1 atom stereocenters. The minimum absolute atomic E-state index is 0.0922. The number of hydrogen-bond acceptors (Lipinski definition) is 5. The third-order valence-corrected chi connectivity index (χ3v) is 5.56. The van der Waals surface area contributed by atoms with Crippen LogP contribution in [0.4, 0.5) is 10.5 Å². The Morgan fingerprint density at radius 2 is 1.84 bits per heavy atom. The lowest BCUT2D eigenvalue weighted by molar-refractivity contribution is -0.117. The second-order valence-electron chi connectivity index (χ2n) is 7.17. The van der Waals surface area contributed by atoms with Crippen molar-refractivity contribution in [3.63, 3.8) is 0 Å². The molecule has 0 bridgehead atoms. The van der Waals surface area contributed by atoms with E-state index in [0.29, 0.717) is 26.2 Å². The summed E-state index contributed by atoms with van der Waals surface area (Å²) < 4.78 is 0. The number of benzene rings is 1. The molecule has 1 aromatic rings. The van der Waals surface area contributed by atoms with Crippen molar-refractivity contribution in [2.45, 2.75) is 19.3 Å². The number of hydrogen-bond donors (Lipinski definition) is 0. The Hall–Kier alpha value is -2.30. The molecule has 1 spiro atoms. The van der Waals surface area contributed by atoms with Crippen molar-refractivity contribution in [2.24, 2.45) is 5.41 Å². The van der Waals surface area contributed by atoms with Crippen LogP contribution in [0.15, 0.2) is 35.9 Å². The van der Waals surface area contributed by atoms with E-state index in [1.165, 1.54) is 5.69 Å². The molecule has 0 radical (unpaired) electrons. The molecule has 3 aliphatic rings. The molecule has 4 rings (SSSR count). The van der Waals surface area contributed by atoms with Gasteiger partial charge in [0.15, 0.2) is 0 Å². The topological polar surface area (TPSA) is 53.1 Å². The highest BCUT2D eigenvalue weighted by atomic mass is 16.7. The van der Waals surface area contributed by atoms with Gasteiger partial charge in [-0.05, 0) is 31.4 Å². The Labute approximate surface area is 147 Å². The van der Waals surface area contributed by atoms with E-state index < -0.39 is 0 Å². The Morgan fingerprint density at radius 3 is 2.52 bits per heavy atom. The molecule has 1 saturated carbocycles. The Kier molecular flexibility index (Phi) is 4.24. The highest BCUT2D eigenvalue weighted by Gasteiger charge is 2.53. The first-order valence-corrected chi connectivity index (χ1v) is 8.96. The number of hydroxylamine groups is 2. The Bertz CT molecular complexity index is 693. The number of nitrogens with zero attached hydrogens (tertiary/aromatic N) is 3. The van der Waals surface area contributed by atoms with Gasteiger partial charge in [0.2, 0.25) is 0 Å². The SMILES string of the molecule is O=C=C1CC12CCCN(C(=O)ON1CCN(c3ccccc3)CC1)C2. The first-order chi connectivity index (χ1) is 12.2.